The highest BCUT2D eigenvalue weighted by atomic mass is 19.1. The lowest BCUT2D eigenvalue weighted by Crippen LogP contribution is -2.39. The molecule has 0 bridgehead atoms. The smallest absolute Gasteiger partial charge is 0.245 e. The Morgan fingerprint density at radius 3 is 2.68 bits per heavy atom. The highest BCUT2D eigenvalue weighted by molar-refractivity contribution is 5.76. The number of amides is 1. The van der Waals surface area contributed by atoms with Gasteiger partial charge >= 0.3 is 0 Å². The average molecular weight is 308 g/mol. The van der Waals surface area contributed by atoms with Crippen LogP contribution in [-0.4, -0.2) is 42.2 Å². The first-order valence-electron chi connectivity index (χ1n) is 7.85. The summed E-state index contributed by atoms with van der Waals surface area (Å²) in [5.41, 5.74) is 2.49. The van der Waals surface area contributed by atoms with Crippen molar-refractivity contribution in [3.05, 3.63) is 34.6 Å². The molecule has 1 amide bonds. The maximum absolute atomic E-state index is 13.9. The van der Waals surface area contributed by atoms with Crippen molar-refractivity contribution in [1.29, 1.82) is 0 Å². The van der Waals surface area contributed by atoms with E-state index in [0.717, 1.165) is 43.6 Å². The first kappa shape index (κ1) is 16.9. The molecule has 0 radical (unpaired) electrons. The number of piperidine rings is 1. The Morgan fingerprint density at radius 1 is 1.36 bits per heavy atom. The number of hydrogen-bond acceptors (Lipinski definition) is 3. The normalized spacial score (nSPS) is 16.7. The second-order valence-electron chi connectivity index (χ2n) is 6.16. The zero-order chi connectivity index (χ0) is 16.1. The summed E-state index contributed by atoms with van der Waals surface area (Å²) in [5, 5.41) is 11.4. The van der Waals surface area contributed by atoms with Crippen LogP contribution in [0, 0.1) is 25.6 Å². The number of aliphatic hydroxyl groups is 1. The lowest BCUT2D eigenvalue weighted by atomic mass is 9.95. The van der Waals surface area contributed by atoms with Crippen LogP contribution >= 0.6 is 0 Å². The van der Waals surface area contributed by atoms with Crippen LogP contribution in [-0.2, 0) is 11.3 Å². The van der Waals surface area contributed by atoms with Crippen molar-refractivity contribution in [3.8, 4) is 0 Å². The van der Waals surface area contributed by atoms with E-state index in [-0.39, 0.29) is 11.7 Å². The maximum Gasteiger partial charge on any atom is 0.245 e. The summed E-state index contributed by atoms with van der Waals surface area (Å²) in [5.74, 6) is 0.0508. The van der Waals surface area contributed by atoms with Crippen LogP contribution in [0.1, 0.15) is 29.5 Å². The van der Waals surface area contributed by atoms with Crippen LogP contribution in [0.5, 0.6) is 0 Å². The summed E-state index contributed by atoms with van der Waals surface area (Å²) in [6.45, 7) is 6.50. The van der Waals surface area contributed by atoms with Gasteiger partial charge in [-0.15, -0.1) is 0 Å². The number of benzene rings is 1. The molecule has 0 aromatic heterocycles. The monoisotopic (exact) mass is 308 g/mol. The number of nitrogens with zero attached hydrogens (tertiary/aromatic N) is 1. The molecule has 2 N–H and O–H groups in total. The molecular formula is C17H25FN2O2. The zero-order valence-corrected chi connectivity index (χ0v) is 13.4. The summed E-state index contributed by atoms with van der Waals surface area (Å²) >= 11 is 0. The average Bonchev–Trinajstić information content (AvgIpc) is 2.54. The summed E-state index contributed by atoms with van der Waals surface area (Å²) in [7, 11) is 0. The molecule has 5 heteroatoms. The summed E-state index contributed by atoms with van der Waals surface area (Å²) in [6, 6.07) is 3.86. The van der Waals surface area contributed by atoms with Gasteiger partial charge in [0.1, 0.15) is 12.4 Å². The maximum atomic E-state index is 13.9. The van der Waals surface area contributed by atoms with Gasteiger partial charge in [-0.2, -0.15) is 0 Å². The molecule has 0 spiro atoms. The summed E-state index contributed by atoms with van der Waals surface area (Å²) < 4.78 is 13.9. The van der Waals surface area contributed by atoms with Gasteiger partial charge in [-0.1, -0.05) is 12.1 Å². The van der Waals surface area contributed by atoms with E-state index in [0.29, 0.717) is 18.0 Å². The zero-order valence-electron chi connectivity index (χ0n) is 13.4. The lowest BCUT2D eigenvalue weighted by molar-refractivity contribution is -0.124. The Kier molecular flexibility index (Phi) is 5.91. The number of carbonyl (C=O) groups is 1. The van der Waals surface area contributed by atoms with Crippen molar-refractivity contribution in [2.24, 2.45) is 5.92 Å². The molecule has 1 saturated heterocycles. The van der Waals surface area contributed by atoms with Crippen LogP contribution in [0.15, 0.2) is 12.1 Å². The number of likely N-dealkylation sites (tertiary alicyclic amines) is 1. The van der Waals surface area contributed by atoms with Crippen LogP contribution < -0.4 is 5.32 Å². The minimum Gasteiger partial charge on any atom is -0.387 e. The molecule has 4 nitrogen and oxygen atoms in total. The molecule has 1 fully saturated rings. The summed E-state index contributed by atoms with van der Waals surface area (Å²) in [4.78, 5) is 13.4. The molecule has 1 aromatic rings. The molecule has 1 aliphatic heterocycles. The van der Waals surface area contributed by atoms with Crippen LogP contribution in [0.3, 0.4) is 0 Å². The largest absolute Gasteiger partial charge is 0.387 e. The van der Waals surface area contributed by atoms with Crippen molar-refractivity contribution >= 4 is 5.91 Å². The van der Waals surface area contributed by atoms with Gasteiger partial charge in [-0.3, -0.25) is 9.69 Å². The SMILES string of the molecule is Cc1ccc(CN2CCC(CNC(=O)CO)CC2)c(C)c1F. The second-order valence-corrected chi connectivity index (χ2v) is 6.16. The molecule has 122 valence electrons. The van der Waals surface area contributed by atoms with Gasteiger partial charge < -0.3 is 10.4 Å². The van der Waals surface area contributed by atoms with Crippen molar-refractivity contribution in [2.45, 2.75) is 33.2 Å². The minimum absolute atomic E-state index is 0.0981. The number of aliphatic hydroxyl groups excluding tert-OH is 1. The van der Waals surface area contributed by atoms with E-state index in [9.17, 15) is 9.18 Å². The van der Waals surface area contributed by atoms with Crippen LogP contribution in [0.2, 0.25) is 0 Å². The van der Waals surface area contributed by atoms with Gasteiger partial charge in [0.2, 0.25) is 5.91 Å². The predicted octanol–water partition coefficient (Wildman–Crippen LogP) is 1.76. The number of nitrogens with one attached hydrogen (secondary N) is 1. The third-order valence-electron chi connectivity index (χ3n) is 4.52. The predicted molar refractivity (Wildman–Crippen MR) is 84.0 cm³/mol. The molecule has 1 heterocycles. The lowest BCUT2D eigenvalue weighted by Gasteiger charge is -2.32. The quantitative estimate of drug-likeness (QED) is 0.871. The van der Waals surface area contributed by atoms with Gasteiger partial charge in [-0.05, 0) is 62.4 Å². The third kappa shape index (κ3) is 4.27. The van der Waals surface area contributed by atoms with E-state index < -0.39 is 6.61 Å². The van der Waals surface area contributed by atoms with E-state index in [4.69, 9.17) is 5.11 Å². The van der Waals surface area contributed by atoms with E-state index in [1.807, 2.05) is 19.1 Å². The molecule has 0 unspecified atom stereocenters. The fourth-order valence-corrected chi connectivity index (χ4v) is 2.94. The molecule has 0 saturated carbocycles. The number of hydrogen-bond donors (Lipinski definition) is 2. The topological polar surface area (TPSA) is 52.6 Å². The minimum atomic E-state index is -0.447. The highest BCUT2D eigenvalue weighted by Crippen LogP contribution is 2.22. The van der Waals surface area contributed by atoms with Gasteiger partial charge in [0.05, 0.1) is 0 Å². The molecule has 1 aliphatic rings. The number of halogens is 1. The fourth-order valence-electron chi connectivity index (χ4n) is 2.94. The van der Waals surface area contributed by atoms with E-state index in [2.05, 4.69) is 10.2 Å². The van der Waals surface area contributed by atoms with E-state index >= 15 is 0 Å². The molecule has 1 aromatic carbocycles. The molecular weight excluding hydrogens is 283 g/mol. The van der Waals surface area contributed by atoms with E-state index in [1.54, 1.807) is 6.92 Å². The number of carbonyl (C=O) groups excluding carboxylic acids is 1. The van der Waals surface area contributed by atoms with Crippen molar-refractivity contribution in [3.63, 3.8) is 0 Å². The van der Waals surface area contributed by atoms with Gasteiger partial charge in [0.25, 0.3) is 0 Å². The first-order chi connectivity index (χ1) is 10.5. The third-order valence-corrected chi connectivity index (χ3v) is 4.52. The second kappa shape index (κ2) is 7.70. The Bertz CT molecular complexity index is 526. The number of aryl methyl sites for hydroxylation is 1. The Hall–Kier alpha value is -1.46. The first-order valence-corrected chi connectivity index (χ1v) is 7.85. The van der Waals surface area contributed by atoms with Crippen molar-refractivity contribution < 1.29 is 14.3 Å². The Balaban J connectivity index is 1.83. The van der Waals surface area contributed by atoms with Crippen LogP contribution in [0.25, 0.3) is 0 Å². The Labute approximate surface area is 131 Å². The fraction of sp³-hybridized carbons (Fsp3) is 0.588. The van der Waals surface area contributed by atoms with Crippen molar-refractivity contribution in [2.75, 3.05) is 26.2 Å². The number of rotatable bonds is 5. The molecule has 0 atom stereocenters. The molecule has 2 rings (SSSR count). The molecule has 0 aliphatic carbocycles. The van der Waals surface area contributed by atoms with Crippen molar-refractivity contribution in [1.82, 2.24) is 10.2 Å². The standard InChI is InChI=1S/C17H25FN2O2/c1-12-3-4-15(13(2)17(12)18)10-20-7-5-14(6-8-20)9-19-16(22)11-21/h3-4,14,21H,5-11H2,1-2H3,(H,19,22). The summed E-state index contributed by atoms with van der Waals surface area (Å²) in [6.07, 6.45) is 2.03. The Morgan fingerprint density at radius 2 is 2.05 bits per heavy atom. The van der Waals surface area contributed by atoms with Gasteiger partial charge in [-0.25, -0.2) is 4.39 Å². The van der Waals surface area contributed by atoms with E-state index in [1.165, 1.54) is 0 Å². The van der Waals surface area contributed by atoms with Crippen LogP contribution in [0.4, 0.5) is 4.39 Å². The van der Waals surface area contributed by atoms with Gasteiger partial charge in [0, 0.05) is 13.1 Å². The molecule has 22 heavy (non-hydrogen) atoms. The highest BCUT2D eigenvalue weighted by Gasteiger charge is 2.20. The van der Waals surface area contributed by atoms with Gasteiger partial charge in [0.15, 0.2) is 0 Å².